The minimum atomic E-state index is 0.231. The molecule has 0 aliphatic rings. The Kier molecular flexibility index (Phi) is 6.02. The lowest BCUT2D eigenvalue weighted by atomic mass is 10.2. The van der Waals surface area contributed by atoms with Gasteiger partial charge in [0.1, 0.15) is 0 Å². The highest BCUT2D eigenvalue weighted by Crippen LogP contribution is 2.31. The van der Waals surface area contributed by atoms with E-state index < -0.39 is 0 Å². The van der Waals surface area contributed by atoms with Crippen LogP contribution in [0.5, 0.6) is 0 Å². The molecule has 0 bridgehead atoms. The molecular formula is C19H16Cl2N2S. The van der Waals surface area contributed by atoms with E-state index in [1.54, 1.807) is 18.0 Å². The topological polar surface area (TPSA) is 17.8 Å². The lowest BCUT2D eigenvalue weighted by molar-refractivity contribution is 0.720. The number of thioether (sulfide) groups is 1. The standard InChI is InChI=1S/C19H16Cl2N2S/c20-16-8-5-15(6-9-16)7-10-17(13-23-12-11-22-14-23)24-19-4-2-1-3-18(19)21/h1-12,14,17H,13H2. The van der Waals surface area contributed by atoms with E-state index >= 15 is 0 Å². The summed E-state index contributed by atoms with van der Waals surface area (Å²) in [4.78, 5) is 5.19. The highest BCUT2D eigenvalue weighted by molar-refractivity contribution is 8.00. The van der Waals surface area contributed by atoms with Crippen molar-refractivity contribution in [1.82, 2.24) is 9.55 Å². The normalized spacial score (nSPS) is 12.6. The van der Waals surface area contributed by atoms with Crippen LogP contribution in [0.15, 0.2) is 78.2 Å². The molecule has 5 heteroatoms. The Hall–Kier alpha value is -1.68. The van der Waals surface area contributed by atoms with Crippen LogP contribution in [0.4, 0.5) is 0 Å². The van der Waals surface area contributed by atoms with Crippen LogP contribution in [0.1, 0.15) is 5.56 Å². The Morgan fingerprint density at radius 2 is 1.88 bits per heavy atom. The van der Waals surface area contributed by atoms with Gasteiger partial charge in [-0.15, -0.1) is 11.8 Å². The van der Waals surface area contributed by atoms with Gasteiger partial charge in [-0.3, -0.25) is 0 Å². The van der Waals surface area contributed by atoms with Gasteiger partial charge in [-0.25, -0.2) is 4.98 Å². The molecule has 122 valence electrons. The molecule has 3 rings (SSSR count). The average molecular weight is 375 g/mol. The lowest BCUT2D eigenvalue weighted by Gasteiger charge is -2.14. The molecule has 24 heavy (non-hydrogen) atoms. The minimum Gasteiger partial charge on any atom is -0.336 e. The zero-order chi connectivity index (χ0) is 16.8. The number of halogens is 2. The molecule has 0 amide bonds. The van der Waals surface area contributed by atoms with Crippen molar-refractivity contribution in [3.05, 3.63) is 88.9 Å². The number of hydrogen-bond acceptors (Lipinski definition) is 2. The predicted octanol–water partition coefficient (Wildman–Crippen LogP) is 6.06. The predicted molar refractivity (Wildman–Crippen MR) is 104 cm³/mol. The lowest BCUT2D eigenvalue weighted by Crippen LogP contribution is -2.09. The van der Waals surface area contributed by atoms with E-state index in [4.69, 9.17) is 23.2 Å². The van der Waals surface area contributed by atoms with Gasteiger partial charge in [-0.1, -0.05) is 59.6 Å². The van der Waals surface area contributed by atoms with Crippen molar-refractivity contribution in [3.8, 4) is 0 Å². The molecule has 0 N–H and O–H groups in total. The number of benzene rings is 2. The SMILES string of the molecule is Clc1ccc(C=CC(Cn2ccnc2)Sc2ccccc2Cl)cc1. The zero-order valence-corrected chi connectivity index (χ0v) is 15.2. The monoisotopic (exact) mass is 374 g/mol. The van der Waals surface area contributed by atoms with Crippen LogP contribution in [0.25, 0.3) is 6.08 Å². The second-order valence-electron chi connectivity index (χ2n) is 5.26. The van der Waals surface area contributed by atoms with Gasteiger partial charge in [0.15, 0.2) is 0 Å². The Bertz CT molecular complexity index is 798. The Morgan fingerprint density at radius 3 is 2.58 bits per heavy atom. The first-order chi connectivity index (χ1) is 11.7. The van der Waals surface area contributed by atoms with Crippen molar-refractivity contribution in [3.63, 3.8) is 0 Å². The van der Waals surface area contributed by atoms with E-state index in [1.165, 1.54) is 0 Å². The van der Waals surface area contributed by atoms with Crippen LogP contribution < -0.4 is 0 Å². The van der Waals surface area contributed by atoms with Crippen molar-refractivity contribution >= 4 is 41.0 Å². The maximum absolute atomic E-state index is 6.31. The Morgan fingerprint density at radius 1 is 1.08 bits per heavy atom. The molecule has 0 spiro atoms. The molecule has 0 saturated heterocycles. The van der Waals surface area contributed by atoms with Gasteiger partial charge in [0.25, 0.3) is 0 Å². The summed E-state index contributed by atoms with van der Waals surface area (Å²) in [5, 5.41) is 1.75. The summed E-state index contributed by atoms with van der Waals surface area (Å²) in [6.45, 7) is 0.819. The van der Waals surface area contributed by atoms with Crippen LogP contribution >= 0.6 is 35.0 Å². The van der Waals surface area contributed by atoms with Gasteiger partial charge >= 0.3 is 0 Å². The average Bonchev–Trinajstić information content (AvgIpc) is 3.09. The smallest absolute Gasteiger partial charge is 0.0946 e. The summed E-state index contributed by atoms with van der Waals surface area (Å²) in [5.74, 6) is 0. The fourth-order valence-corrected chi connectivity index (χ4v) is 3.70. The van der Waals surface area contributed by atoms with Crippen molar-refractivity contribution < 1.29 is 0 Å². The molecule has 2 aromatic carbocycles. The molecule has 0 aliphatic heterocycles. The third-order valence-corrected chi connectivity index (χ3v) is 5.35. The molecule has 0 saturated carbocycles. The number of aromatic nitrogens is 2. The van der Waals surface area contributed by atoms with Gasteiger partial charge < -0.3 is 4.57 Å². The van der Waals surface area contributed by atoms with Crippen LogP contribution in [0, 0.1) is 0 Å². The largest absolute Gasteiger partial charge is 0.336 e. The first-order valence-electron chi connectivity index (χ1n) is 7.51. The molecule has 1 heterocycles. The highest BCUT2D eigenvalue weighted by atomic mass is 35.5. The summed E-state index contributed by atoms with van der Waals surface area (Å²) in [7, 11) is 0. The summed E-state index contributed by atoms with van der Waals surface area (Å²) in [6.07, 6.45) is 9.89. The maximum Gasteiger partial charge on any atom is 0.0946 e. The third kappa shape index (κ3) is 4.91. The first kappa shape index (κ1) is 17.2. The van der Waals surface area contributed by atoms with Crippen LogP contribution in [0.3, 0.4) is 0 Å². The molecular weight excluding hydrogens is 359 g/mol. The van der Waals surface area contributed by atoms with Gasteiger partial charge in [-0.2, -0.15) is 0 Å². The van der Waals surface area contributed by atoms with E-state index in [2.05, 4.69) is 21.7 Å². The molecule has 0 radical (unpaired) electrons. The number of rotatable bonds is 6. The fraction of sp³-hybridized carbons (Fsp3) is 0.105. The van der Waals surface area contributed by atoms with E-state index in [-0.39, 0.29) is 5.25 Å². The molecule has 1 atom stereocenters. The number of imidazole rings is 1. The Balaban J connectivity index is 1.78. The van der Waals surface area contributed by atoms with E-state index in [0.717, 1.165) is 27.0 Å². The molecule has 0 fully saturated rings. The van der Waals surface area contributed by atoms with Gasteiger partial charge in [-0.05, 0) is 29.8 Å². The molecule has 2 nitrogen and oxygen atoms in total. The molecule has 1 aromatic heterocycles. The third-order valence-electron chi connectivity index (χ3n) is 3.44. The zero-order valence-electron chi connectivity index (χ0n) is 12.8. The van der Waals surface area contributed by atoms with Crippen molar-refractivity contribution in [2.24, 2.45) is 0 Å². The Labute approximate surface area is 156 Å². The second-order valence-corrected chi connectivity index (χ2v) is 7.38. The van der Waals surface area contributed by atoms with E-state index in [0.29, 0.717) is 0 Å². The molecule has 0 aliphatic carbocycles. The quantitative estimate of drug-likeness (QED) is 0.487. The summed E-state index contributed by atoms with van der Waals surface area (Å²) >= 11 is 14.0. The first-order valence-corrected chi connectivity index (χ1v) is 9.15. The van der Waals surface area contributed by atoms with Gasteiger partial charge in [0.05, 0.1) is 11.3 Å². The number of nitrogens with zero attached hydrogens (tertiary/aromatic N) is 2. The minimum absolute atomic E-state index is 0.231. The summed E-state index contributed by atoms with van der Waals surface area (Å²) in [5.41, 5.74) is 1.12. The van der Waals surface area contributed by atoms with Crippen LogP contribution in [0.2, 0.25) is 10.0 Å². The maximum atomic E-state index is 6.31. The van der Waals surface area contributed by atoms with Crippen molar-refractivity contribution in [2.75, 3.05) is 0 Å². The summed E-state index contributed by atoms with van der Waals surface area (Å²) in [6, 6.07) is 15.7. The fourth-order valence-electron chi connectivity index (χ4n) is 2.24. The van der Waals surface area contributed by atoms with E-state index in [1.807, 2.05) is 61.1 Å². The molecule has 1 unspecified atom stereocenters. The number of hydrogen-bond donors (Lipinski definition) is 0. The van der Waals surface area contributed by atoms with E-state index in [9.17, 15) is 0 Å². The van der Waals surface area contributed by atoms with Crippen molar-refractivity contribution in [1.29, 1.82) is 0 Å². The van der Waals surface area contributed by atoms with Gasteiger partial charge in [0, 0.05) is 34.1 Å². The molecule has 3 aromatic rings. The van der Waals surface area contributed by atoms with Crippen molar-refractivity contribution in [2.45, 2.75) is 16.7 Å². The highest BCUT2D eigenvalue weighted by Gasteiger charge is 2.10. The van der Waals surface area contributed by atoms with Gasteiger partial charge in [0.2, 0.25) is 0 Å². The summed E-state index contributed by atoms with van der Waals surface area (Å²) < 4.78 is 2.07. The van der Waals surface area contributed by atoms with Crippen LogP contribution in [-0.2, 0) is 6.54 Å². The van der Waals surface area contributed by atoms with Crippen LogP contribution in [-0.4, -0.2) is 14.8 Å². The second kappa shape index (κ2) is 8.43.